The van der Waals surface area contributed by atoms with E-state index < -0.39 is 23.0 Å². The average Bonchev–Trinajstić information content (AvgIpc) is 1.77. The van der Waals surface area contributed by atoms with Crippen molar-refractivity contribution in [3.8, 4) is 0 Å². The standard InChI is InChI=1S/C8H15NO4S/c1-8(2,3)13-7(12)9-5(14)4-6(10)11/h5,14H,4H2,1-3H3,(H,9,12)(H,10,11). The van der Waals surface area contributed by atoms with E-state index in [0.29, 0.717) is 0 Å². The van der Waals surface area contributed by atoms with Crippen molar-refractivity contribution in [3.63, 3.8) is 0 Å². The summed E-state index contributed by atoms with van der Waals surface area (Å²) in [6.07, 6.45) is -0.915. The maximum Gasteiger partial charge on any atom is 0.408 e. The van der Waals surface area contributed by atoms with Crippen molar-refractivity contribution in [1.82, 2.24) is 5.32 Å². The smallest absolute Gasteiger partial charge is 0.408 e. The van der Waals surface area contributed by atoms with Crippen molar-refractivity contribution in [1.29, 1.82) is 0 Å². The number of carboxylic acids is 1. The number of rotatable bonds is 3. The first kappa shape index (κ1) is 13.1. The predicted molar refractivity (Wildman–Crippen MR) is 54.4 cm³/mol. The summed E-state index contributed by atoms with van der Waals surface area (Å²) in [6, 6.07) is 0. The van der Waals surface area contributed by atoms with Gasteiger partial charge in [-0.05, 0) is 20.8 Å². The fraction of sp³-hybridized carbons (Fsp3) is 0.750. The quantitative estimate of drug-likeness (QED) is 0.495. The lowest BCUT2D eigenvalue weighted by molar-refractivity contribution is -0.137. The molecule has 0 aromatic rings. The number of hydrogen-bond donors (Lipinski definition) is 3. The van der Waals surface area contributed by atoms with Gasteiger partial charge < -0.3 is 15.2 Å². The third-order valence-corrected chi connectivity index (χ3v) is 1.36. The molecule has 0 bridgehead atoms. The van der Waals surface area contributed by atoms with E-state index >= 15 is 0 Å². The van der Waals surface area contributed by atoms with E-state index in [1.54, 1.807) is 20.8 Å². The van der Waals surface area contributed by atoms with Gasteiger partial charge in [-0.25, -0.2) is 4.79 Å². The van der Waals surface area contributed by atoms with Gasteiger partial charge in [-0.15, -0.1) is 0 Å². The van der Waals surface area contributed by atoms with Crippen molar-refractivity contribution in [2.24, 2.45) is 0 Å². The fourth-order valence-electron chi connectivity index (χ4n) is 0.660. The molecule has 0 aliphatic rings. The number of carbonyl (C=O) groups is 2. The first-order valence-electron chi connectivity index (χ1n) is 4.10. The Morgan fingerprint density at radius 3 is 2.36 bits per heavy atom. The van der Waals surface area contributed by atoms with Crippen molar-refractivity contribution in [2.45, 2.75) is 38.2 Å². The number of amides is 1. The van der Waals surface area contributed by atoms with Crippen molar-refractivity contribution >= 4 is 24.7 Å². The summed E-state index contributed by atoms with van der Waals surface area (Å²) in [6.45, 7) is 5.16. The number of nitrogens with one attached hydrogen (secondary N) is 1. The molecule has 82 valence electrons. The van der Waals surface area contributed by atoms with Gasteiger partial charge in [0, 0.05) is 0 Å². The van der Waals surface area contributed by atoms with Gasteiger partial charge in [-0.2, -0.15) is 12.6 Å². The van der Waals surface area contributed by atoms with E-state index in [-0.39, 0.29) is 6.42 Å². The second-order valence-electron chi connectivity index (χ2n) is 3.76. The summed E-state index contributed by atoms with van der Waals surface area (Å²) in [5, 5.41) is 9.94. The Morgan fingerprint density at radius 2 is 2.00 bits per heavy atom. The summed E-state index contributed by atoms with van der Waals surface area (Å²) in [7, 11) is 0. The van der Waals surface area contributed by atoms with Crippen LogP contribution in [0.1, 0.15) is 27.2 Å². The topological polar surface area (TPSA) is 75.6 Å². The second-order valence-corrected chi connectivity index (χ2v) is 4.38. The number of thiol groups is 1. The summed E-state index contributed by atoms with van der Waals surface area (Å²) >= 11 is 3.87. The van der Waals surface area contributed by atoms with Crippen LogP contribution in [0.5, 0.6) is 0 Å². The van der Waals surface area contributed by atoms with E-state index in [1.165, 1.54) is 0 Å². The zero-order valence-electron chi connectivity index (χ0n) is 8.40. The number of carbonyl (C=O) groups excluding carboxylic acids is 1. The predicted octanol–water partition coefficient (Wildman–Crippen LogP) is 1.24. The van der Waals surface area contributed by atoms with Gasteiger partial charge in [0.25, 0.3) is 0 Å². The van der Waals surface area contributed by atoms with Gasteiger partial charge in [-0.1, -0.05) is 0 Å². The van der Waals surface area contributed by atoms with Gasteiger partial charge in [0.05, 0.1) is 11.8 Å². The van der Waals surface area contributed by atoms with Crippen LogP contribution >= 0.6 is 12.6 Å². The van der Waals surface area contributed by atoms with Gasteiger partial charge >= 0.3 is 12.1 Å². The lowest BCUT2D eigenvalue weighted by Crippen LogP contribution is -2.37. The van der Waals surface area contributed by atoms with Crippen LogP contribution in [0.3, 0.4) is 0 Å². The number of alkyl carbamates (subject to hydrolysis) is 1. The molecule has 0 radical (unpaired) electrons. The Labute approximate surface area is 88.2 Å². The Morgan fingerprint density at radius 1 is 1.50 bits per heavy atom. The molecule has 6 heteroatoms. The normalized spacial score (nSPS) is 13.1. The van der Waals surface area contributed by atoms with Crippen molar-refractivity contribution < 1.29 is 19.4 Å². The van der Waals surface area contributed by atoms with Gasteiger partial charge in [0.2, 0.25) is 0 Å². The lowest BCUT2D eigenvalue weighted by atomic mass is 10.2. The maximum absolute atomic E-state index is 11.1. The highest BCUT2D eigenvalue weighted by molar-refractivity contribution is 7.80. The molecule has 0 saturated carbocycles. The molecule has 1 amide bonds. The van der Waals surface area contributed by atoms with E-state index in [4.69, 9.17) is 9.84 Å². The Balaban J connectivity index is 3.89. The van der Waals surface area contributed by atoms with E-state index in [0.717, 1.165) is 0 Å². The van der Waals surface area contributed by atoms with Gasteiger partial charge in [-0.3, -0.25) is 4.79 Å². The monoisotopic (exact) mass is 221 g/mol. The summed E-state index contributed by atoms with van der Waals surface area (Å²) in [5.41, 5.74) is -0.596. The molecule has 0 heterocycles. The number of ether oxygens (including phenoxy) is 1. The first-order valence-corrected chi connectivity index (χ1v) is 4.62. The SMILES string of the molecule is CC(C)(C)OC(=O)NC(S)CC(=O)O. The molecule has 0 aromatic heterocycles. The Bertz CT molecular complexity index is 224. The third kappa shape index (κ3) is 7.72. The number of hydrogen-bond acceptors (Lipinski definition) is 4. The second kappa shape index (κ2) is 5.09. The summed E-state index contributed by atoms with van der Waals surface area (Å²) in [5.74, 6) is -1.03. The summed E-state index contributed by atoms with van der Waals surface area (Å²) < 4.78 is 4.90. The van der Waals surface area contributed by atoms with Crippen LogP contribution < -0.4 is 5.32 Å². The molecule has 2 N–H and O–H groups in total. The van der Waals surface area contributed by atoms with Crippen LogP contribution in [0, 0.1) is 0 Å². The average molecular weight is 221 g/mol. The van der Waals surface area contributed by atoms with Crippen LogP contribution in [-0.2, 0) is 9.53 Å². The molecular formula is C8H15NO4S. The fourth-order valence-corrected chi connectivity index (χ4v) is 0.922. The minimum atomic E-state index is -1.03. The van der Waals surface area contributed by atoms with E-state index in [1.807, 2.05) is 0 Å². The maximum atomic E-state index is 11.1. The van der Waals surface area contributed by atoms with Crippen LogP contribution in [0.25, 0.3) is 0 Å². The van der Waals surface area contributed by atoms with Gasteiger partial charge in [0.1, 0.15) is 5.60 Å². The molecule has 0 saturated heterocycles. The van der Waals surface area contributed by atoms with Crippen molar-refractivity contribution in [3.05, 3.63) is 0 Å². The van der Waals surface area contributed by atoms with Crippen molar-refractivity contribution in [2.75, 3.05) is 0 Å². The molecule has 1 atom stereocenters. The minimum absolute atomic E-state index is 0.248. The van der Waals surface area contributed by atoms with E-state index in [9.17, 15) is 9.59 Å². The van der Waals surface area contributed by atoms with E-state index in [2.05, 4.69) is 17.9 Å². The minimum Gasteiger partial charge on any atom is -0.481 e. The highest BCUT2D eigenvalue weighted by Crippen LogP contribution is 2.07. The molecule has 1 unspecified atom stereocenters. The van der Waals surface area contributed by atoms with Gasteiger partial charge in [0.15, 0.2) is 0 Å². The molecule has 0 fully saturated rings. The van der Waals surface area contributed by atoms with Crippen LogP contribution in [-0.4, -0.2) is 28.1 Å². The highest BCUT2D eigenvalue weighted by atomic mass is 32.1. The molecular weight excluding hydrogens is 206 g/mol. The molecule has 14 heavy (non-hydrogen) atoms. The van der Waals surface area contributed by atoms with Crippen LogP contribution in [0.15, 0.2) is 0 Å². The number of carboxylic acid groups (broad SMARTS) is 1. The largest absolute Gasteiger partial charge is 0.481 e. The lowest BCUT2D eigenvalue weighted by Gasteiger charge is -2.21. The zero-order chi connectivity index (χ0) is 11.4. The van der Waals surface area contributed by atoms with Crippen LogP contribution in [0.4, 0.5) is 4.79 Å². The van der Waals surface area contributed by atoms with Crippen LogP contribution in [0.2, 0.25) is 0 Å². The molecule has 0 spiro atoms. The summed E-state index contributed by atoms with van der Waals surface area (Å²) in [4.78, 5) is 21.3. The zero-order valence-corrected chi connectivity index (χ0v) is 9.30. The number of aliphatic carboxylic acids is 1. The molecule has 0 aliphatic heterocycles. The Kier molecular flexibility index (Phi) is 4.76. The molecule has 0 aromatic carbocycles. The first-order chi connectivity index (χ1) is 6.20. The Hall–Kier alpha value is -0.910. The molecule has 0 rings (SSSR count). The molecule has 5 nitrogen and oxygen atoms in total. The highest BCUT2D eigenvalue weighted by Gasteiger charge is 2.18. The third-order valence-electron chi connectivity index (χ3n) is 1.05. The molecule has 0 aliphatic carbocycles.